The highest BCUT2D eigenvalue weighted by atomic mass is 16.5. The lowest BCUT2D eigenvalue weighted by atomic mass is 10.1. The van der Waals surface area contributed by atoms with E-state index in [1.54, 1.807) is 35.4 Å². The van der Waals surface area contributed by atoms with Crippen LogP contribution in [0.5, 0.6) is 5.75 Å². The molecule has 1 aliphatic rings. The number of anilines is 1. The van der Waals surface area contributed by atoms with Crippen molar-refractivity contribution >= 4 is 17.6 Å². The molecule has 0 amide bonds. The zero-order valence-electron chi connectivity index (χ0n) is 15.6. The highest BCUT2D eigenvalue weighted by molar-refractivity contribution is 6.05. The molecular formula is C20H23NO6. The van der Waals surface area contributed by atoms with Gasteiger partial charge in [-0.05, 0) is 31.2 Å². The summed E-state index contributed by atoms with van der Waals surface area (Å²) in [4.78, 5) is 26.3. The van der Waals surface area contributed by atoms with E-state index in [4.69, 9.17) is 18.9 Å². The number of rotatable bonds is 8. The van der Waals surface area contributed by atoms with Gasteiger partial charge >= 0.3 is 11.9 Å². The first-order valence-electron chi connectivity index (χ1n) is 8.48. The van der Waals surface area contributed by atoms with Crippen molar-refractivity contribution in [3.63, 3.8) is 0 Å². The van der Waals surface area contributed by atoms with E-state index < -0.39 is 11.9 Å². The predicted molar refractivity (Wildman–Crippen MR) is 100 cm³/mol. The maximum atomic E-state index is 12.5. The summed E-state index contributed by atoms with van der Waals surface area (Å²) in [5.41, 5.74) is 0.699. The van der Waals surface area contributed by atoms with Crippen LogP contribution in [0.15, 0.2) is 60.0 Å². The van der Waals surface area contributed by atoms with Crippen LogP contribution < -0.4 is 9.64 Å². The molecule has 2 rings (SSSR count). The van der Waals surface area contributed by atoms with Crippen LogP contribution in [0.1, 0.15) is 6.92 Å². The first-order chi connectivity index (χ1) is 13.1. The van der Waals surface area contributed by atoms with Crippen molar-refractivity contribution in [3.05, 3.63) is 60.0 Å². The van der Waals surface area contributed by atoms with Gasteiger partial charge in [0.15, 0.2) is 0 Å². The first-order valence-corrected chi connectivity index (χ1v) is 8.48. The van der Waals surface area contributed by atoms with Crippen molar-refractivity contribution in [2.45, 2.75) is 6.92 Å². The molecule has 0 aliphatic carbocycles. The molecule has 1 heterocycles. The fourth-order valence-corrected chi connectivity index (χ4v) is 2.48. The molecule has 144 valence electrons. The Labute approximate surface area is 158 Å². The van der Waals surface area contributed by atoms with Crippen LogP contribution in [0.4, 0.5) is 5.69 Å². The lowest BCUT2D eigenvalue weighted by Gasteiger charge is -2.25. The van der Waals surface area contributed by atoms with Crippen LogP contribution in [0.3, 0.4) is 0 Å². The molecule has 0 fully saturated rings. The van der Waals surface area contributed by atoms with E-state index in [1.165, 1.54) is 20.3 Å². The minimum Gasteiger partial charge on any atom is -0.489 e. The largest absolute Gasteiger partial charge is 0.489 e. The molecule has 27 heavy (non-hydrogen) atoms. The minimum atomic E-state index is -0.671. The highest BCUT2D eigenvalue weighted by Gasteiger charge is 2.28. The molecule has 0 saturated heterocycles. The van der Waals surface area contributed by atoms with E-state index in [0.717, 1.165) is 0 Å². The van der Waals surface area contributed by atoms with Gasteiger partial charge < -0.3 is 23.8 Å². The Hall–Kier alpha value is -3.06. The summed E-state index contributed by atoms with van der Waals surface area (Å²) in [5.74, 6) is -0.778. The van der Waals surface area contributed by atoms with Crippen LogP contribution in [-0.4, -0.2) is 46.0 Å². The molecule has 7 heteroatoms. The van der Waals surface area contributed by atoms with E-state index in [1.807, 2.05) is 19.1 Å². The number of esters is 2. The maximum Gasteiger partial charge on any atom is 0.355 e. The topological polar surface area (TPSA) is 74.3 Å². The van der Waals surface area contributed by atoms with E-state index in [-0.39, 0.29) is 11.3 Å². The van der Waals surface area contributed by atoms with Crippen molar-refractivity contribution in [2.75, 3.05) is 38.9 Å². The van der Waals surface area contributed by atoms with Gasteiger partial charge in [0.25, 0.3) is 0 Å². The van der Waals surface area contributed by atoms with E-state index in [0.29, 0.717) is 31.3 Å². The Morgan fingerprint density at radius 1 is 1.00 bits per heavy atom. The third kappa shape index (κ3) is 4.98. The first kappa shape index (κ1) is 20.3. The van der Waals surface area contributed by atoms with E-state index >= 15 is 0 Å². The van der Waals surface area contributed by atoms with Crippen molar-refractivity contribution in [2.24, 2.45) is 0 Å². The second-order valence-corrected chi connectivity index (χ2v) is 5.33. The molecular weight excluding hydrogens is 350 g/mol. The predicted octanol–water partition coefficient (Wildman–Crippen LogP) is 2.59. The standard InChI is InChI=1S/C20H23NO6/c1-4-26-13-14-27-17-11-6-5-10-16(17)21-12-8-7-9-15(19(22)24-2)18(21)20(23)25-3/h5-12H,4,13-14H2,1-3H3. The fraction of sp³-hybridized carbons (Fsp3) is 0.300. The van der Waals surface area contributed by atoms with Gasteiger partial charge in [0.1, 0.15) is 18.1 Å². The van der Waals surface area contributed by atoms with Gasteiger partial charge in [0, 0.05) is 12.8 Å². The van der Waals surface area contributed by atoms with Gasteiger partial charge in [0.2, 0.25) is 0 Å². The second kappa shape index (κ2) is 10.2. The van der Waals surface area contributed by atoms with Gasteiger partial charge in [-0.3, -0.25) is 0 Å². The molecule has 1 aliphatic heterocycles. The molecule has 0 aromatic heterocycles. The van der Waals surface area contributed by atoms with Gasteiger partial charge in [-0.1, -0.05) is 18.2 Å². The summed E-state index contributed by atoms with van der Waals surface area (Å²) in [6, 6.07) is 7.19. The highest BCUT2D eigenvalue weighted by Crippen LogP contribution is 2.33. The van der Waals surface area contributed by atoms with Gasteiger partial charge in [-0.25, -0.2) is 9.59 Å². The number of benzene rings is 1. The number of hydrogen-bond donors (Lipinski definition) is 0. The van der Waals surface area contributed by atoms with Crippen molar-refractivity contribution in [3.8, 4) is 5.75 Å². The summed E-state index contributed by atoms with van der Waals surface area (Å²) in [6.45, 7) is 3.30. The Bertz CT molecular complexity index is 765. The zero-order chi connectivity index (χ0) is 19.6. The Morgan fingerprint density at radius 3 is 2.44 bits per heavy atom. The Kier molecular flexibility index (Phi) is 7.63. The van der Waals surface area contributed by atoms with Crippen LogP contribution in [-0.2, 0) is 23.8 Å². The molecule has 0 N–H and O–H groups in total. The lowest BCUT2D eigenvalue weighted by molar-refractivity contribution is -0.139. The number of nitrogens with zero attached hydrogens (tertiary/aromatic N) is 1. The molecule has 0 bridgehead atoms. The van der Waals surface area contributed by atoms with E-state index in [9.17, 15) is 9.59 Å². The average Bonchev–Trinajstić information content (AvgIpc) is 2.93. The maximum absolute atomic E-state index is 12.5. The Morgan fingerprint density at radius 2 is 1.74 bits per heavy atom. The Balaban J connectivity index is 2.48. The molecule has 7 nitrogen and oxygen atoms in total. The number of methoxy groups -OCH3 is 2. The molecule has 0 saturated carbocycles. The van der Waals surface area contributed by atoms with Crippen molar-refractivity contribution in [1.29, 1.82) is 0 Å². The summed E-state index contributed by atoms with van der Waals surface area (Å²) in [6.07, 6.45) is 6.51. The van der Waals surface area contributed by atoms with Crippen molar-refractivity contribution < 1.29 is 28.5 Å². The van der Waals surface area contributed by atoms with Gasteiger partial charge in [-0.2, -0.15) is 0 Å². The smallest absolute Gasteiger partial charge is 0.355 e. The summed E-state index contributed by atoms with van der Waals surface area (Å²) < 4.78 is 20.8. The number of ether oxygens (including phenoxy) is 4. The number of para-hydroxylation sites is 2. The molecule has 1 aromatic carbocycles. The summed E-state index contributed by atoms with van der Waals surface area (Å²) in [5, 5.41) is 0. The molecule has 0 atom stereocenters. The number of carbonyl (C=O) groups excluding carboxylic acids is 2. The second-order valence-electron chi connectivity index (χ2n) is 5.33. The molecule has 0 spiro atoms. The molecule has 1 aromatic rings. The number of carbonyl (C=O) groups is 2. The van der Waals surface area contributed by atoms with Crippen LogP contribution in [0, 0.1) is 0 Å². The number of hydrogen-bond acceptors (Lipinski definition) is 7. The minimum absolute atomic E-state index is 0.0372. The third-order valence-corrected chi connectivity index (χ3v) is 3.70. The quantitative estimate of drug-likeness (QED) is 0.512. The van der Waals surface area contributed by atoms with Crippen LogP contribution >= 0.6 is 0 Å². The van der Waals surface area contributed by atoms with Gasteiger partial charge in [0.05, 0.1) is 32.1 Å². The van der Waals surface area contributed by atoms with Crippen LogP contribution in [0.2, 0.25) is 0 Å². The number of allylic oxidation sites excluding steroid dienone is 2. The molecule has 0 unspecified atom stereocenters. The van der Waals surface area contributed by atoms with E-state index in [2.05, 4.69) is 0 Å². The SMILES string of the molecule is CCOCCOc1ccccc1N1C=CC=CC(C(=O)OC)=C1C(=O)OC. The third-order valence-electron chi connectivity index (χ3n) is 3.70. The van der Waals surface area contributed by atoms with Crippen LogP contribution in [0.25, 0.3) is 0 Å². The fourth-order valence-electron chi connectivity index (χ4n) is 2.48. The zero-order valence-corrected chi connectivity index (χ0v) is 15.6. The lowest BCUT2D eigenvalue weighted by Crippen LogP contribution is -2.27. The average molecular weight is 373 g/mol. The molecule has 0 radical (unpaired) electrons. The summed E-state index contributed by atoms with van der Waals surface area (Å²) >= 11 is 0. The van der Waals surface area contributed by atoms with Crippen molar-refractivity contribution in [1.82, 2.24) is 0 Å². The summed E-state index contributed by atoms with van der Waals surface area (Å²) in [7, 11) is 2.51. The van der Waals surface area contributed by atoms with Gasteiger partial charge in [-0.15, -0.1) is 0 Å². The normalized spacial score (nSPS) is 13.4. The monoisotopic (exact) mass is 373 g/mol.